The molecular formula is C37H66ClN7O9. The smallest absolute Gasteiger partial charge is 0.408 e. The monoisotopic (exact) mass is 787 g/mol. The molecule has 16 nitrogen and oxygen atoms in total. The van der Waals surface area contributed by atoms with Crippen molar-refractivity contribution in [3.8, 4) is 0 Å². The lowest BCUT2D eigenvalue weighted by atomic mass is 9.88. The molecule has 0 aliphatic carbocycles. The summed E-state index contributed by atoms with van der Waals surface area (Å²) in [6.07, 6.45) is 10.7. The molecule has 6 N–H and O–H groups in total. The Balaban J connectivity index is 1.64. The summed E-state index contributed by atoms with van der Waals surface area (Å²) in [6.45, 7) is 10.3. The Morgan fingerprint density at radius 3 is 2.24 bits per heavy atom. The van der Waals surface area contributed by atoms with Crippen LogP contribution in [0.5, 0.6) is 0 Å². The number of amides is 4. The Morgan fingerprint density at radius 2 is 1.56 bits per heavy atom. The molecule has 1 aromatic heterocycles. The SMILES string of the molecule is CC(C)(C)OC(=O)N[C@@H](CCCn1ccnc1N)C(=O)NC1(C(=O)NCCCOCCCCC(=O)NCCOCCOCCCCCCCl)CCOCC1. The first-order chi connectivity index (χ1) is 26.0. The molecule has 54 heavy (non-hydrogen) atoms. The minimum absolute atomic E-state index is 0.0183. The van der Waals surface area contributed by atoms with E-state index in [1.165, 1.54) is 0 Å². The molecule has 1 aromatic rings. The number of nitrogens with one attached hydrogen (secondary N) is 4. The Bertz CT molecular complexity index is 1210. The number of hydrogen-bond donors (Lipinski definition) is 5. The number of carbonyl (C=O) groups excluding carboxylic acids is 4. The summed E-state index contributed by atoms with van der Waals surface area (Å²) in [5, 5.41) is 11.4. The maximum atomic E-state index is 13.7. The predicted octanol–water partition coefficient (Wildman–Crippen LogP) is 3.45. The van der Waals surface area contributed by atoms with Crippen LogP contribution in [0.2, 0.25) is 0 Å². The van der Waals surface area contributed by atoms with E-state index in [9.17, 15) is 19.2 Å². The van der Waals surface area contributed by atoms with E-state index in [1.807, 2.05) is 0 Å². The highest BCUT2D eigenvalue weighted by atomic mass is 35.5. The van der Waals surface area contributed by atoms with E-state index in [2.05, 4.69) is 26.3 Å². The average Bonchev–Trinajstić information content (AvgIpc) is 3.54. The summed E-state index contributed by atoms with van der Waals surface area (Å²) in [6, 6.07) is -0.951. The van der Waals surface area contributed by atoms with E-state index >= 15 is 0 Å². The Morgan fingerprint density at radius 1 is 0.889 bits per heavy atom. The molecule has 0 unspecified atom stereocenters. The van der Waals surface area contributed by atoms with Crippen molar-refractivity contribution in [2.75, 3.05) is 77.6 Å². The fourth-order valence-electron chi connectivity index (χ4n) is 5.63. The van der Waals surface area contributed by atoms with Crippen molar-refractivity contribution < 1.29 is 42.9 Å². The Labute approximate surface area is 326 Å². The van der Waals surface area contributed by atoms with Crippen molar-refractivity contribution in [3.05, 3.63) is 12.4 Å². The average molecular weight is 788 g/mol. The standard InChI is InChI=1S/C37H66ClN7O9/c1-36(2,3)54-35(49)43-30(12-10-20-45-21-18-42-34(45)39)32(47)44-37(14-25-52-26-15-37)33(48)41-17-11-24-50-23-9-6-13-31(46)40-19-27-53-29-28-51-22-8-5-4-7-16-38/h18,21,30H,4-17,19-20,22-29H2,1-3H3,(H2,39,42)(H,40,46)(H,41,48)(H,43,49)(H,44,47)/t30-/m0/s1. The summed E-state index contributed by atoms with van der Waals surface area (Å²) >= 11 is 5.67. The van der Waals surface area contributed by atoms with Crippen LogP contribution in [0.3, 0.4) is 0 Å². The van der Waals surface area contributed by atoms with Gasteiger partial charge in [-0.2, -0.15) is 0 Å². The summed E-state index contributed by atoms with van der Waals surface area (Å²) in [7, 11) is 0. The maximum absolute atomic E-state index is 13.7. The molecule has 0 spiro atoms. The number of rotatable bonds is 29. The van der Waals surface area contributed by atoms with Gasteiger partial charge in [0.25, 0.3) is 0 Å². The zero-order chi connectivity index (χ0) is 39.5. The van der Waals surface area contributed by atoms with Gasteiger partial charge in [-0.3, -0.25) is 14.4 Å². The van der Waals surface area contributed by atoms with E-state index in [0.29, 0.717) is 103 Å². The normalized spacial score (nSPS) is 14.6. The number of nitrogens with zero attached hydrogens (tertiary/aromatic N) is 2. The number of alkyl halides is 1. The molecule has 1 aliphatic heterocycles. The topological polar surface area (TPSA) is 206 Å². The molecule has 310 valence electrons. The molecular weight excluding hydrogens is 722 g/mol. The second-order valence-corrected chi connectivity index (χ2v) is 14.7. The highest BCUT2D eigenvalue weighted by molar-refractivity contribution is 6.17. The highest BCUT2D eigenvalue weighted by Gasteiger charge is 2.42. The van der Waals surface area contributed by atoms with Gasteiger partial charge in [0, 0.05) is 90.2 Å². The molecule has 2 heterocycles. The van der Waals surface area contributed by atoms with E-state index < -0.39 is 29.2 Å². The number of aryl methyl sites for hydroxylation is 1. The highest BCUT2D eigenvalue weighted by Crippen LogP contribution is 2.22. The second kappa shape index (κ2) is 27.4. The zero-order valence-corrected chi connectivity index (χ0v) is 33.5. The number of halogens is 1. The lowest BCUT2D eigenvalue weighted by Gasteiger charge is -2.37. The van der Waals surface area contributed by atoms with Gasteiger partial charge in [-0.15, -0.1) is 11.6 Å². The summed E-state index contributed by atoms with van der Waals surface area (Å²) < 4.78 is 29.4. The van der Waals surface area contributed by atoms with E-state index in [0.717, 1.165) is 38.7 Å². The zero-order valence-electron chi connectivity index (χ0n) is 32.7. The maximum Gasteiger partial charge on any atom is 0.408 e. The van der Waals surface area contributed by atoms with Crippen LogP contribution >= 0.6 is 11.6 Å². The van der Waals surface area contributed by atoms with Crippen LogP contribution in [-0.4, -0.2) is 122 Å². The first-order valence-corrected chi connectivity index (χ1v) is 20.0. The minimum atomic E-state index is -1.19. The number of hydrogen-bond acceptors (Lipinski definition) is 11. The number of aromatic nitrogens is 2. The number of anilines is 1. The van der Waals surface area contributed by atoms with E-state index in [4.69, 9.17) is 41.0 Å². The van der Waals surface area contributed by atoms with Gasteiger partial charge in [-0.25, -0.2) is 9.78 Å². The summed E-state index contributed by atoms with van der Waals surface area (Å²) in [4.78, 5) is 56.0. The van der Waals surface area contributed by atoms with Gasteiger partial charge in [0.2, 0.25) is 17.7 Å². The van der Waals surface area contributed by atoms with Gasteiger partial charge in [0.15, 0.2) is 5.95 Å². The van der Waals surface area contributed by atoms with E-state index in [-0.39, 0.29) is 31.1 Å². The summed E-state index contributed by atoms with van der Waals surface area (Å²) in [5.41, 5.74) is 3.93. The fourth-order valence-corrected chi connectivity index (χ4v) is 5.82. The van der Waals surface area contributed by atoms with Crippen LogP contribution in [0.1, 0.15) is 97.8 Å². The van der Waals surface area contributed by atoms with Gasteiger partial charge in [0.1, 0.15) is 17.2 Å². The van der Waals surface area contributed by atoms with Gasteiger partial charge >= 0.3 is 6.09 Å². The largest absolute Gasteiger partial charge is 0.444 e. The van der Waals surface area contributed by atoms with Crippen molar-refractivity contribution in [3.63, 3.8) is 0 Å². The number of ether oxygens (including phenoxy) is 5. The van der Waals surface area contributed by atoms with Crippen LogP contribution in [0.25, 0.3) is 0 Å². The van der Waals surface area contributed by atoms with E-state index in [1.54, 1.807) is 37.7 Å². The van der Waals surface area contributed by atoms with Crippen molar-refractivity contribution in [1.29, 1.82) is 0 Å². The van der Waals surface area contributed by atoms with Crippen LogP contribution in [-0.2, 0) is 44.6 Å². The number of unbranched alkanes of at least 4 members (excludes halogenated alkanes) is 4. The number of alkyl carbamates (subject to hydrolysis) is 1. The van der Waals surface area contributed by atoms with Gasteiger partial charge < -0.3 is 55.3 Å². The number of carbonyl (C=O) groups is 4. The van der Waals surface area contributed by atoms with Crippen LogP contribution in [0.15, 0.2) is 12.4 Å². The summed E-state index contributed by atoms with van der Waals surface area (Å²) in [5.74, 6) is 0.258. The van der Waals surface area contributed by atoms with Crippen molar-refractivity contribution in [2.24, 2.45) is 0 Å². The second-order valence-electron chi connectivity index (χ2n) is 14.4. The van der Waals surface area contributed by atoms with Crippen molar-refractivity contribution >= 4 is 41.4 Å². The van der Waals surface area contributed by atoms with Crippen molar-refractivity contribution in [1.82, 2.24) is 30.8 Å². The first kappa shape index (κ1) is 47.0. The number of nitrogens with two attached hydrogens (primary N) is 1. The molecule has 1 atom stereocenters. The molecule has 17 heteroatoms. The lowest BCUT2D eigenvalue weighted by molar-refractivity contribution is -0.138. The molecule has 1 fully saturated rings. The molecule has 0 bridgehead atoms. The molecule has 1 aliphatic rings. The van der Waals surface area contributed by atoms with Gasteiger partial charge in [-0.1, -0.05) is 12.8 Å². The number of imidazole rings is 1. The van der Waals surface area contributed by atoms with Gasteiger partial charge in [0.05, 0.1) is 19.8 Å². The molecule has 4 amide bonds. The molecule has 0 radical (unpaired) electrons. The minimum Gasteiger partial charge on any atom is -0.444 e. The molecule has 0 aromatic carbocycles. The third-order valence-electron chi connectivity index (χ3n) is 8.60. The van der Waals surface area contributed by atoms with Crippen LogP contribution in [0.4, 0.5) is 10.7 Å². The quantitative estimate of drug-likeness (QED) is 0.0587. The van der Waals surface area contributed by atoms with Crippen LogP contribution < -0.4 is 27.0 Å². The third-order valence-corrected chi connectivity index (χ3v) is 8.86. The molecule has 1 saturated heterocycles. The van der Waals surface area contributed by atoms with Crippen molar-refractivity contribution in [2.45, 2.75) is 122 Å². The molecule has 0 saturated carbocycles. The first-order valence-electron chi connectivity index (χ1n) is 19.5. The van der Waals surface area contributed by atoms with Gasteiger partial charge in [-0.05, 0) is 65.7 Å². The lowest BCUT2D eigenvalue weighted by Crippen LogP contribution is -2.64. The Hall–Kier alpha value is -3.18. The predicted molar refractivity (Wildman–Crippen MR) is 206 cm³/mol. The molecule has 2 rings (SSSR count). The fraction of sp³-hybridized carbons (Fsp3) is 0.811. The van der Waals surface area contributed by atoms with Crippen LogP contribution in [0, 0.1) is 0 Å². The number of nitrogen functional groups attached to an aromatic ring is 1. The third kappa shape index (κ3) is 21.1. The Kier molecular flexibility index (Phi) is 23.8.